The zero-order chi connectivity index (χ0) is 13.4. The van der Waals surface area contributed by atoms with Crippen molar-refractivity contribution in [1.82, 2.24) is 25.6 Å². The van der Waals surface area contributed by atoms with E-state index in [0.29, 0.717) is 10.8 Å². The fourth-order valence-corrected chi connectivity index (χ4v) is 6.28. The van der Waals surface area contributed by atoms with Crippen molar-refractivity contribution in [3.63, 3.8) is 0 Å². The second-order valence-electron chi connectivity index (χ2n) is 3.12. The van der Waals surface area contributed by atoms with Crippen LogP contribution in [-0.4, -0.2) is 25.6 Å². The molecule has 0 amide bonds. The minimum absolute atomic E-state index is 0.503. The van der Waals surface area contributed by atoms with Crippen LogP contribution in [-0.2, 0) is 0 Å². The summed E-state index contributed by atoms with van der Waals surface area (Å²) in [5.74, 6) is 0.503. The Morgan fingerprint density at radius 1 is 1.32 bits per heavy atom. The molecule has 0 aliphatic heterocycles. The predicted octanol–water partition coefficient (Wildman–Crippen LogP) is 4.71. The highest BCUT2D eigenvalue weighted by atomic mass is 79.9. The van der Waals surface area contributed by atoms with Crippen molar-refractivity contribution in [2.45, 2.75) is 8.55 Å². The summed E-state index contributed by atoms with van der Waals surface area (Å²) >= 11 is 17.6. The number of thiazole rings is 1. The van der Waals surface area contributed by atoms with Gasteiger partial charge in [-0.05, 0) is 54.9 Å². The van der Waals surface area contributed by atoms with Gasteiger partial charge in [0.25, 0.3) is 0 Å². The van der Waals surface area contributed by atoms with Crippen molar-refractivity contribution >= 4 is 77.9 Å². The molecule has 98 valence electrons. The first kappa shape index (κ1) is 14.0. The molecule has 0 fully saturated rings. The van der Waals surface area contributed by atoms with Gasteiger partial charge in [0.1, 0.15) is 8.39 Å². The van der Waals surface area contributed by atoms with E-state index in [4.69, 9.17) is 11.6 Å². The van der Waals surface area contributed by atoms with Crippen LogP contribution >= 0.6 is 77.9 Å². The van der Waals surface area contributed by atoms with Crippen molar-refractivity contribution < 1.29 is 0 Å². The molecule has 0 spiro atoms. The van der Waals surface area contributed by atoms with Gasteiger partial charge in [-0.25, -0.2) is 4.98 Å². The Morgan fingerprint density at radius 2 is 2.16 bits per heavy atom. The highest BCUT2D eigenvalue weighted by molar-refractivity contribution is 9.13. The van der Waals surface area contributed by atoms with Gasteiger partial charge in [-0.2, -0.15) is 5.21 Å². The van der Waals surface area contributed by atoms with E-state index >= 15 is 0 Å². The Labute approximate surface area is 141 Å². The summed E-state index contributed by atoms with van der Waals surface area (Å²) in [5, 5.41) is 14.4. The molecule has 0 unspecified atom stereocenters. The molecule has 11 heteroatoms. The minimum atomic E-state index is 0.503. The Balaban J connectivity index is 1.88. The van der Waals surface area contributed by atoms with Crippen molar-refractivity contribution in [2.24, 2.45) is 0 Å². The number of hydrogen-bond acceptors (Lipinski definition) is 7. The lowest BCUT2D eigenvalue weighted by atomic mass is 10.4. The quantitative estimate of drug-likeness (QED) is 0.614. The first-order valence-corrected chi connectivity index (χ1v) is 9.07. The smallest absolute Gasteiger partial charge is 0.216 e. The number of halogens is 3. The molecule has 3 rings (SSSR count). The van der Waals surface area contributed by atoms with Crippen LogP contribution in [0.15, 0.2) is 23.0 Å². The second-order valence-corrected chi connectivity index (χ2v) is 9.20. The van der Waals surface area contributed by atoms with Gasteiger partial charge in [0.05, 0.1) is 14.1 Å². The maximum absolute atomic E-state index is 6.18. The number of aromatic amines is 1. The van der Waals surface area contributed by atoms with Gasteiger partial charge in [0, 0.05) is 0 Å². The van der Waals surface area contributed by atoms with Crippen LogP contribution in [0.3, 0.4) is 0 Å². The summed E-state index contributed by atoms with van der Waals surface area (Å²) in [5.41, 5.74) is 0. The summed E-state index contributed by atoms with van der Waals surface area (Å²) in [6, 6.07) is 1.88. The maximum Gasteiger partial charge on any atom is 0.216 e. The zero-order valence-electron chi connectivity index (χ0n) is 8.72. The molecule has 3 aromatic heterocycles. The molecule has 0 aromatic carbocycles. The third-order valence-corrected chi connectivity index (χ3v) is 7.72. The van der Waals surface area contributed by atoms with Gasteiger partial charge < -0.3 is 0 Å². The maximum atomic E-state index is 6.18. The predicted molar refractivity (Wildman–Crippen MR) is 84.1 cm³/mol. The third kappa shape index (κ3) is 3.03. The molecule has 0 aliphatic rings. The van der Waals surface area contributed by atoms with E-state index in [9.17, 15) is 0 Å². The van der Waals surface area contributed by atoms with Gasteiger partial charge in [0.2, 0.25) is 5.82 Å². The summed E-state index contributed by atoms with van der Waals surface area (Å²) in [6.07, 6.45) is 0. The summed E-state index contributed by atoms with van der Waals surface area (Å²) < 4.78 is 3.73. The third-order valence-electron chi connectivity index (χ3n) is 1.93. The largest absolute Gasteiger partial charge is 0.221 e. The number of tetrazole rings is 1. The molecule has 3 aromatic rings. The lowest BCUT2D eigenvalue weighted by Gasteiger charge is -1.89. The van der Waals surface area contributed by atoms with Crippen molar-refractivity contribution in [2.75, 3.05) is 0 Å². The number of aromatic nitrogens is 5. The van der Waals surface area contributed by atoms with Crippen molar-refractivity contribution in [1.29, 1.82) is 0 Å². The molecule has 1 N–H and O–H groups in total. The Bertz CT molecular complexity index is 691. The van der Waals surface area contributed by atoms with Crippen molar-refractivity contribution in [3.8, 4) is 10.7 Å². The van der Waals surface area contributed by atoms with E-state index in [2.05, 4.69) is 57.5 Å². The molecule has 0 atom stereocenters. The van der Waals surface area contributed by atoms with E-state index < -0.39 is 0 Å². The van der Waals surface area contributed by atoms with E-state index in [1.807, 2.05) is 6.07 Å². The molecular weight excluding hydrogens is 458 g/mol. The van der Waals surface area contributed by atoms with Gasteiger partial charge in [-0.3, -0.25) is 0 Å². The van der Waals surface area contributed by atoms with Crippen LogP contribution < -0.4 is 0 Å². The van der Waals surface area contributed by atoms with Crippen LogP contribution in [0.2, 0.25) is 5.02 Å². The number of nitrogens with zero attached hydrogens (tertiary/aromatic N) is 4. The molecule has 0 aliphatic carbocycles. The van der Waals surface area contributed by atoms with Gasteiger partial charge in [0.15, 0.2) is 4.34 Å². The van der Waals surface area contributed by atoms with Gasteiger partial charge in [-0.15, -0.1) is 21.5 Å². The second kappa shape index (κ2) is 5.78. The molecule has 5 nitrogen and oxygen atoms in total. The van der Waals surface area contributed by atoms with E-state index in [1.165, 1.54) is 11.3 Å². The first-order chi connectivity index (χ1) is 9.13. The molecule has 0 saturated carbocycles. The fraction of sp³-hybridized carbons (Fsp3) is 0. The van der Waals surface area contributed by atoms with E-state index in [-0.39, 0.29) is 0 Å². The number of thiophene rings is 1. The molecular formula is C8H2Br2ClN5S3. The standard InChI is InChI=1S/C8H2Br2ClN5S3/c9-5-6(10)19-8(12-5)18-3-1-2(11)4(17-3)7-13-15-16-14-7/h1H,(H,13,14,15,16). The lowest BCUT2D eigenvalue weighted by molar-refractivity contribution is 0.881. The SMILES string of the molecule is Clc1cc(Sc2nc(Br)c(Br)s2)sc1-c1nn[nH]n1. The summed E-state index contributed by atoms with van der Waals surface area (Å²) in [6.45, 7) is 0. The average molecular weight is 460 g/mol. The average Bonchev–Trinajstić information content (AvgIpc) is 3.03. The Hall–Kier alpha value is -0.000000000000000167. The summed E-state index contributed by atoms with van der Waals surface area (Å²) in [4.78, 5) is 5.17. The monoisotopic (exact) mass is 457 g/mol. The number of H-pyrrole nitrogens is 1. The van der Waals surface area contributed by atoms with Crippen molar-refractivity contribution in [3.05, 3.63) is 19.5 Å². The molecule has 0 radical (unpaired) electrons. The Morgan fingerprint density at radius 3 is 2.79 bits per heavy atom. The van der Waals surface area contributed by atoms with Gasteiger partial charge >= 0.3 is 0 Å². The van der Waals surface area contributed by atoms with Crippen LogP contribution in [0.1, 0.15) is 0 Å². The van der Waals surface area contributed by atoms with Gasteiger partial charge in [-0.1, -0.05) is 22.9 Å². The molecule has 19 heavy (non-hydrogen) atoms. The van der Waals surface area contributed by atoms with E-state index in [1.54, 1.807) is 23.1 Å². The highest BCUT2D eigenvalue weighted by Gasteiger charge is 2.15. The molecule has 0 saturated heterocycles. The first-order valence-electron chi connectivity index (χ1n) is 4.66. The number of nitrogens with one attached hydrogen (secondary N) is 1. The normalized spacial score (nSPS) is 11.1. The minimum Gasteiger partial charge on any atom is -0.221 e. The van der Waals surface area contributed by atoms with Crippen LogP contribution in [0.25, 0.3) is 10.7 Å². The summed E-state index contributed by atoms with van der Waals surface area (Å²) in [7, 11) is 0. The van der Waals surface area contributed by atoms with Crippen LogP contribution in [0.5, 0.6) is 0 Å². The number of rotatable bonds is 3. The van der Waals surface area contributed by atoms with Crippen LogP contribution in [0, 0.1) is 0 Å². The van der Waals surface area contributed by atoms with Crippen LogP contribution in [0.4, 0.5) is 0 Å². The topological polar surface area (TPSA) is 67.3 Å². The molecule has 0 bridgehead atoms. The Kier molecular flexibility index (Phi) is 4.25. The lowest BCUT2D eigenvalue weighted by Crippen LogP contribution is -1.75. The van der Waals surface area contributed by atoms with E-state index in [0.717, 1.165) is 21.8 Å². The fourth-order valence-electron chi connectivity index (χ4n) is 1.20. The molecule has 3 heterocycles. The highest BCUT2D eigenvalue weighted by Crippen LogP contribution is 2.44. The zero-order valence-corrected chi connectivity index (χ0v) is 15.1. The number of hydrogen-bond donors (Lipinski definition) is 1.